The molecule has 0 spiro atoms. The smallest absolute Gasteiger partial charge is 0.309 e. The van der Waals surface area contributed by atoms with Crippen LogP contribution in [0.25, 0.3) is 0 Å². The molecule has 4 unspecified atom stereocenters. The molecule has 2 fully saturated rings. The Hall–Kier alpha value is -0.570. The van der Waals surface area contributed by atoms with Crippen LogP contribution in [-0.2, 0) is 4.79 Å². The van der Waals surface area contributed by atoms with E-state index >= 15 is 0 Å². The zero-order valence-electron chi connectivity index (χ0n) is 9.28. The van der Waals surface area contributed by atoms with Gasteiger partial charge in [-0.05, 0) is 50.9 Å². The van der Waals surface area contributed by atoms with E-state index in [9.17, 15) is 15.0 Å². The second kappa shape index (κ2) is 3.78. The molecule has 4 atom stereocenters. The van der Waals surface area contributed by atoms with Crippen molar-refractivity contribution in [2.45, 2.75) is 51.6 Å². The summed E-state index contributed by atoms with van der Waals surface area (Å²) in [5.74, 6) is 0.384. The van der Waals surface area contributed by atoms with Crippen molar-refractivity contribution in [2.24, 2.45) is 17.3 Å². The Morgan fingerprint density at radius 2 is 2.27 bits per heavy atom. The van der Waals surface area contributed by atoms with Crippen molar-refractivity contribution in [1.29, 1.82) is 0 Å². The second-order valence-electron chi connectivity index (χ2n) is 5.43. The summed E-state index contributed by atoms with van der Waals surface area (Å²) >= 11 is 0. The van der Waals surface area contributed by atoms with Crippen molar-refractivity contribution in [3.8, 4) is 0 Å². The Morgan fingerprint density at radius 3 is 2.67 bits per heavy atom. The van der Waals surface area contributed by atoms with Gasteiger partial charge in [-0.1, -0.05) is 6.42 Å². The predicted octanol–water partition coefficient (Wildman–Crippen LogP) is 2.04. The van der Waals surface area contributed by atoms with E-state index in [1.807, 2.05) is 0 Å². The monoisotopic (exact) mass is 212 g/mol. The Morgan fingerprint density at radius 1 is 1.53 bits per heavy atom. The number of hydrogen-bond acceptors (Lipinski definition) is 2. The molecular weight excluding hydrogens is 192 g/mol. The first-order chi connectivity index (χ1) is 7.04. The molecule has 2 aliphatic carbocycles. The van der Waals surface area contributed by atoms with E-state index in [0.29, 0.717) is 24.7 Å². The van der Waals surface area contributed by atoms with E-state index in [1.54, 1.807) is 6.92 Å². The average Bonchev–Trinajstić information content (AvgIpc) is 2.74. The molecule has 0 aromatic rings. The molecule has 0 aromatic carbocycles. The summed E-state index contributed by atoms with van der Waals surface area (Å²) in [5.41, 5.74) is -0.500. The average molecular weight is 212 g/mol. The van der Waals surface area contributed by atoms with E-state index in [2.05, 4.69) is 0 Å². The summed E-state index contributed by atoms with van der Waals surface area (Å²) in [6.45, 7) is 1.74. The number of carboxylic acid groups (broad SMARTS) is 1. The van der Waals surface area contributed by atoms with Gasteiger partial charge in [0.1, 0.15) is 0 Å². The van der Waals surface area contributed by atoms with E-state index in [4.69, 9.17) is 0 Å². The third-order valence-corrected chi connectivity index (χ3v) is 4.41. The Bertz CT molecular complexity index is 262. The van der Waals surface area contributed by atoms with Gasteiger partial charge in [0.2, 0.25) is 0 Å². The molecule has 3 nitrogen and oxygen atoms in total. The van der Waals surface area contributed by atoms with Crippen molar-refractivity contribution in [2.75, 3.05) is 0 Å². The highest BCUT2D eigenvalue weighted by molar-refractivity contribution is 5.75. The zero-order valence-corrected chi connectivity index (χ0v) is 9.28. The SMILES string of the molecule is CC(O)CCC1(C(=O)O)CC2CCC1C2. The summed E-state index contributed by atoms with van der Waals surface area (Å²) < 4.78 is 0. The highest BCUT2D eigenvalue weighted by Gasteiger charge is 2.55. The lowest BCUT2D eigenvalue weighted by Crippen LogP contribution is -2.37. The highest BCUT2D eigenvalue weighted by atomic mass is 16.4. The fourth-order valence-electron chi connectivity index (χ4n) is 3.59. The van der Waals surface area contributed by atoms with Gasteiger partial charge >= 0.3 is 5.97 Å². The summed E-state index contributed by atoms with van der Waals surface area (Å²) in [6, 6.07) is 0. The number of aliphatic hydroxyl groups excluding tert-OH is 1. The second-order valence-corrected chi connectivity index (χ2v) is 5.43. The molecule has 2 bridgehead atoms. The highest BCUT2D eigenvalue weighted by Crippen LogP contribution is 2.58. The minimum Gasteiger partial charge on any atom is -0.481 e. The lowest BCUT2D eigenvalue weighted by molar-refractivity contribution is -0.153. The number of aliphatic carboxylic acids is 1. The van der Waals surface area contributed by atoms with E-state index < -0.39 is 11.4 Å². The van der Waals surface area contributed by atoms with Crippen molar-refractivity contribution in [3.63, 3.8) is 0 Å². The van der Waals surface area contributed by atoms with Gasteiger partial charge in [0.05, 0.1) is 11.5 Å². The number of rotatable bonds is 4. The minimum absolute atomic E-state index is 0.374. The van der Waals surface area contributed by atoms with Gasteiger partial charge < -0.3 is 10.2 Å². The first kappa shape index (κ1) is 10.9. The van der Waals surface area contributed by atoms with Gasteiger partial charge in [-0.15, -0.1) is 0 Å². The third kappa shape index (κ3) is 1.78. The molecule has 2 rings (SSSR count). The maximum absolute atomic E-state index is 11.4. The topological polar surface area (TPSA) is 57.5 Å². The number of carbonyl (C=O) groups is 1. The Kier molecular flexibility index (Phi) is 2.75. The van der Waals surface area contributed by atoms with Gasteiger partial charge in [-0.3, -0.25) is 4.79 Å². The van der Waals surface area contributed by atoms with Crippen molar-refractivity contribution >= 4 is 5.97 Å². The van der Waals surface area contributed by atoms with E-state index in [0.717, 1.165) is 19.3 Å². The molecule has 2 N–H and O–H groups in total. The number of hydrogen-bond donors (Lipinski definition) is 2. The lowest BCUT2D eigenvalue weighted by atomic mass is 9.70. The maximum atomic E-state index is 11.4. The van der Waals surface area contributed by atoms with Crippen LogP contribution in [0.15, 0.2) is 0 Å². The van der Waals surface area contributed by atoms with Crippen molar-refractivity contribution < 1.29 is 15.0 Å². The van der Waals surface area contributed by atoms with Crippen LogP contribution in [-0.4, -0.2) is 22.3 Å². The van der Waals surface area contributed by atoms with Gasteiger partial charge in [0, 0.05) is 0 Å². The van der Waals surface area contributed by atoms with Gasteiger partial charge in [-0.2, -0.15) is 0 Å². The van der Waals surface area contributed by atoms with E-state index in [1.165, 1.54) is 6.42 Å². The summed E-state index contributed by atoms with van der Waals surface area (Å²) in [6.07, 6.45) is 5.15. The Labute approximate surface area is 90.5 Å². The van der Waals surface area contributed by atoms with Gasteiger partial charge in [-0.25, -0.2) is 0 Å². The molecule has 15 heavy (non-hydrogen) atoms. The molecular formula is C12H20O3. The van der Waals surface area contributed by atoms with Crippen LogP contribution in [0.5, 0.6) is 0 Å². The number of carboxylic acids is 1. The summed E-state index contributed by atoms with van der Waals surface area (Å²) in [5, 5.41) is 18.7. The summed E-state index contributed by atoms with van der Waals surface area (Å²) in [7, 11) is 0. The Balaban J connectivity index is 2.08. The predicted molar refractivity (Wildman–Crippen MR) is 56.4 cm³/mol. The van der Waals surface area contributed by atoms with Crippen molar-refractivity contribution in [3.05, 3.63) is 0 Å². The molecule has 2 saturated carbocycles. The van der Waals surface area contributed by atoms with Gasteiger partial charge in [0.15, 0.2) is 0 Å². The third-order valence-electron chi connectivity index (χ3n) is 4.41. The molecule has 0 aliphatic heterocycles. The maximum Gasteiger partial charge on any atom is 0.309 e. The minimum atomic E-state index is -0.629. The number of aliphatic hydroxyl groups is 1. The van der Waals surface area contributed by atoms with Crippen LogP contribution in [0.1, 0.15) is 45.4 Å². The number of fused-ring (bicyclic) bond motifs is 2. The van der Waals surface area contributed by atoms with Crippen LogP contribution < -0.4 is 0 Å². The van der Waals surface area contributed by atoms with Gasteiger partial charge in [0.25, 0.3) is 0 Å². The fraction of sp³-hybridized carbons (Fsp3) is 0.917. The van der Waals surface area contributed by atoms with Crippen LogP contribution in [0.2, 0.25) is 0 Å². The van der Waals surface area contributed by atoms with Crippen LogP contribution in [0.4, 0.5) is 0 Å². The lowest BCUT2D eigenvalue weighted by Gasteiger charge is -2.34. The molecule has 0 amide bonds. The molecule has 2 aliphatic rings. The molecule has 0 aromatic heterocycles. The molecule has 3 heteroatoms. The first-order valence-corrected chi connectivity index (χ1v) is 5.96. The van der Waals surface area contributed by atoms with Crippen LogP contribution in [0, 0.1) is 17.3 Å². The normalized spacial score (nSPS) is 40.7. The zero-order chi connectivity index (χ0) is 11.1. The summed E-state index contributed by atoms with van der Waals surface area (Å²) in [4.78, 5) is 11.4. The first-order valence-electron chi connectivity index (χ1n) is 5.96. The van der Waals surface area contributed by atoms with Crippen molar-refractivity contribution in [1.82, 2.24) is 0 Å². The van der Waals surface area contributed by atoms with Crippen LogP contribution >= 0.6 is 0 Å². The molecule has 0 heterocycles. The fourth-order valence-corrected chi connectivity index (χ4v) is 3.59. The van der Waals surface area contributed by atoms with E-state index in [-0.39, 0.29) is 6.10 Å². The molecule has 0 radical (unpaired) electrons. The largest absolute Gasteiger partial charge is 0.481 e. The molecule has 0 saturated heterocycles. The molecule has 86 valence electrons. The quantitative estimate of drug-likeness (QED) is 0.749. The standard InChI is InChI=1S/C12H20O3/c1-8(13)4-5-12(11(14)15)7-9-2-3-10(12)6-9/h8-10,13H,2-7H2,1H3,(H,14,15). The van der Waals surface area contributed by atoms with Crippen LogP contribution in [0.3, 0.4) is 0 Å².